The van der Waals surface area contributed by atoms with Crippen molar-refractivity contribution in [1.29, 1.82) is 0 Å². The Morgan fingerprint density at radius 1 is 1.19 bits per heavy atom. The summed E-state index contributed by atoms with van der Waals surface area (Å²) in [5, 5.41) is 20.2. The molecule has 0 spiro atoms. The normalized spacial score (nSPS) is 30.2. The second kappa shape index (κ2) is 6.73. The standard InChI is InChI=1S/C21H29NO5/c1-20(2,3)12-21(18(23)24)16(13-5-8-15(27-4)9-6-13)11-14-7-10-17(21)22(14)19(25)26/h5-6,8-9,14,16-17H,7,10-12H2,1-4H3,(H,23,24)(H,25,26). The second-order valence-electron chi connectivity index (χ2n) is 9.08. The van der Waals surface area contributed by atoms with Crippen molar-refractivity contribution in [3.8, 4) is 5.75 Å². The number of rotatable bonds is 4. The first-order valence-corrected chi connectivity index (χ1v) is 9.49. The van der Waals surface area contributed by atoms with Crippen LogP contribution in [0.5, 0.6) is 5.75 Å². The first-order chi connectivity index (χ1) is 12.6. The lowest BCUT2D eigenvalue weighted by atomic mass is 9.58. The molecule has 4 atom stereocenters. The Labute approximate surface area is 160 Å². The number of hydrogen-bond donors (Lipinski definition) is 2. The van der Waals surface area contributed by atoms with Gasteiger partial charge in [-0.2, -0.15) is 0 Å². The highest BCUT2D eigenvalue weighted by atomic mass is 16.5. The van der Waals surface area contributed by atoms with Gasteiger partial charge in [0.05, 0.1) is 18.6 Å². The highest BCUT2D eigenvalue weighted by Gasteiger charge is 2.63. The Morgan fingerprint density at radius 2 is 1.81 bits per heavy atom. The van der Waals surface area contributed by atoms with Crippen LogP contribution in [-0.4, -0.2) is 46.4 Å². The summed E-state index contributed by atoms with van der Waals surface area (Å²) in [6.07, 6.45) is 1.29. The van der Waals surface area contributed by atoms with Crippen molar-refractivity contribution >= 4 is 12.1 Å². The van der Waals surface area contributed by atoms with Gasteiger partial charge in [0, 0.05) is 12.0 Å². The van der Waals surface area contributed by atoms with E-state index in [1.54, 1.807) is 7.11 Å². The molecule has 0 saturated carbocycles. The van der Waals surface area contributed by atoms with Crippen molar-refractivity contribution in [2.24, 2.45) is 10.8 Å². The van der Waals surface area contributed by atoms with Crippen LogP contribution in [0.25, 0.3) is 0 Å². The number of benzene rings is 1. The fraction of sp³-hybridized carbons (Fsp3) is 0.619. The van der Waals surface area contributed by atoms with E-state index in [2.05, 4.69) is 0 Å². The van der Waals surface area contributed by atoms with Crippen LogP contribution >= 0.6 is 0 Å². The molecule has 2 aliphatic rings. The van der Waals surface area contributed by atoms with E-state index in [0.29, 0.717) is 19.3 Å². The van der Waals surface area contributed by atoms with E-state index in [-0.39, 0.29) is 17.4 Å². The van der Waals surface area contributed by atoms with E-state index >= 15 is 0 Å². The summed E-state index contributed by atoms with van der Waals surface area (Å²) in [6.45, 7) is 6.07. The summed E-state index contributed by atoms with van der Waals surface area (Å²) in [6, 6.07) is 6.94. The first kappa shape index (κ1) is 19.5. The van der Waals surface area contributed by atoms with Crippen LogP contribution in [0.15, 0.2) is 24.3 Å². The van der Waals surface area contributed by atoms with Crippen molar-refractivity contribution < 1.29 is 24.5 Å². The van der Waals surface area contributed by atoms with Crippen molar-refractivity contribution in [2.75, 3.05) is 7.11 Å². The molecule has 4 unspecified atom stereocenters. The van der Waals surface area contributed by atoms with Gasteiger partial charge in [0.2, 0.25) is 0 Å². The topological polar surface area (TPSA) is 87.1 Å². The Morgan fingerprint density at radius 3 is 2.30 bits per heavy atom. The quantitative estimate of drug-likeness (QED) is 0.823. The molecule has 6 heteroatoms. The van der Waals surface area contributed by atoms with E-state index in [9.17, 15) is 19.8 Å². The minimum Gasteiger partial charge on any atom is -0.497 e. The van der Waals surface area contributed by atoms with Crippen molar-refractivity contribution in [1.82, 2.24) is 4.90 Å². The highest BCUT2D eigenvalue weighted by Crippen LogP contribution is 2.58. The van der Waals surface area contributed by atoms with Crippen LogP contribution in [0.3, 0.4) is 0 Å². The molecule has 2 fully saturated rings. The molecule has 1 aromatic rings. The maximum atomic E-state index is 12.8. The Bertz CT molecular complexity index is 723. The van der Waals surface area contributed by atoms with Crippen molar-refractivity contribution in [3.05, 3.63) is 29.8 Å². The Balaban J connectivity index is 2.14. The molecule has 148 valence electrons. The van der Waals surface area contributed by atoms with Gasteiger partial charge in [-0.3, -0.25) is 4.79 Å². The monoisotopic (exact) mass is 375 g/mol. The van der Waals surface area contributed by atoms with E-state index in [0.717, 1.165) is 17.7 Å². The van der Waals surface area contributed by atoms with Crippen LogP contribution in [0.2, 0.25) is 0 Å². The predicted octanol–water partition coefficient (Wildman–Crippen LogP) is 4.20. The minimum absolute atomic E-state index is 0.118. The minimum atomic E-state index is -1.14. The van der Waals surface area contributed by atoms with Gasteiger partial charge in [-0.1, -0.05) is 32.9 Å². The second-order valence-corrected chi connectivity index (χ2v) is 9.08. The fourth-order valence-corrected chi connectivity index (χ4v) is 5.38. The summed E-state index contributed by atoms with van der Waals surface area (Å²) in [5.74, 6) is -0.399. The first-order valence-electron chi connectivity index (χ1n) is 9.49. The van der Waals surface area contributed by atoms with Crippen LogP contribution in [-0.2, 0) is 4.79 Å². The number of nitrogens with zero attached hydrogens (tertiary/aromatic N) is 1. The maximum absolute atomic E-state index is 12.8. The number of amides is 1. The SMILES string of the molecule is COc1ccc(C2CC3CCC(N3C(=O)O)C2(CC(C)(C)C)C(=O)O)cc1. The summed E-state index contributed by atoms with van der Waals surface area (Å²) in [5.41, 5.74) is -0.439. The molecule has 3 rings (SSSR count). The number of ether oxygens (including phenoxy) is 1. The molecule has 1 aromatic carbocycles. The zero-order valence-corrected chi connectivity index (χ0v) is 16.4. The average molecular weight is 375 g/mol. The molecule has 0 aliphatic carbocycles. The molecule has 27 heavy (non-hydrogen) atoms. The maximum Gasteiger partial charge on any atom is 0.407 e. The molecule has 6 nitrogen and oxygen atoms in total. The van der Waals surface area contributed by atoms with E-state index in [1.807, 2.05) is 45.0 Å². The number of hydrogen-bond acceptors (Lipinski definition) is 3. The summed E-state index contributed by atoms with van der Waals surface area (Å²) in [4.78, 5) is 26.1. The summed E-state index contributed by atoms with van der Waals surface area (Å²) >= 11 is 0. The lowest BCUT2D eigenvalue weighted by Crippen LogP contribution is -2.61. The van der Waals surface area contributed by atoms with Crippen LogP contribution in [0, 0.1) is 10.8 Å². The van der Waals surface area contributed by atoms with Gasteiger partial charge in [0.1, 0.15) is 5.75 Å². The van der Waals surface area contributed by atoms with Crippen molar-refractivity contribution in [2.45, 2.75) is 64.5 Å². The molecule has 0 aromatic heterocycles. The average Bonchev–Trinajstić information content (AvgIpc) is 2.94. The largest absolute Gasteiger partial charge is 0.497 e. The van der Waals surface area contributed by atoms with Gasteiger partial charge < -0.3 is 19.8 Å². The van der Waals surface area contributed by atoms with Crippen LogP contribution in [0.1, 0.15) is 57.9 Å². The van der Waals surface area contributed by atoms with Crippen LogP contribution < -0.4 is 4.74 Å². The molecule has 1 amide bonds. The van der Waals surface area contributed by atoms with Gasteiger partial charge in [-0.15, -0.1) is 0 Å². The number of methoxy groups -OCH3 is 1. The van der Waals surface area contributed by atoms with Gasteiger partial charge in [-0.05, 0) is 48.8 Å². The molecule has 2 N–H and O–H groups in total. The number of carboxylic acids is 1. The zero-order valence-electron chi connectivity index (χ0n) is 16.4. The van der Waals surface area contributed by atoms with Gasteiger partial charge in [-0.25, -0.2) is 4.79 Å². The van der Waals surface area contributed by atoms with Gasteiger partial charge in [0.25, 0.3) is 0 Å². The summed E-state index contributed by atoms with van der Waals surface area (Å²) < 4.78 is 5.24. The van der Waals surface area contributed by atoms with Gasteiger partial charge in [0.15, 0.2) is 0 Å². The third-order valence-electron chi connectivity index (χ3n) is 6.19. The predicted molar refractivity (Wildman–Crippen MR) is 101 cm³/mol. The molecule has 2 aliphatic heterocycles. The third kappa shape index (κ3) is 3.26. The Hall–Kier alpha value is -2.24. The lowest BCUT2D eigenvalue weighted by Gasteiger charge is -2.52. The number of fused-ring (bicyclic) bond motifs is 2. The molecular weight excluding hydrogens is 346 g/mol. The van der Waals surface area contributed by atoms with E-state index < -0.39 is 23.5 Å². The molecule has 2 bridgehead atoms. The summed E-state index contributed by atoms with van der Waals surface area (Å²) in [7, 11) is 1.60. The third-order valence-corrected chi connectivity index (χ3v) is 6.19. The number of aliphatic carboxylic acids is 1. The van der Waals surface area contributed by atoms with Gasteiger partial charge >= 0.3 is 12.1 Å². The number of carbonyl (C=O) groups is 2. The Kier molecular flexibility index (Phi) is 4.87. The van der Waals surface area contributed by atoms with E-state index in [4.69, 9.17) is 4.74 Å². The molecule has 0 radical (unpaired) electrons. The fourth-order valence-electron chi connectivity index (χ4n) is 5.38. The molecular formula is C21H29NO5. The van der Waals surface area contributed by atoms with Crippen LogP contribution in [0.4, 0.5) is 4.79 Å². The lowest BCUT2D eigenvalue weighted by molar-refractivity contribution is -0.161. The van der Waals surface area contributed by atoms with E-state index in [1.165, 1.54) is 4.90 Å². The zero-order chi connectivity index (χ0) is 20.0. The number of piperidine rings is 1. The number of carboxylic acid groups (broad SMARTS) is 2. The molecule has 2 saturated heterocycles. The highest BCUT2D eigenvalue weighted by molar-refractivity contribution is 5.80. The molecule has 2 heterocycles. The van der Waals surface area contributed by atoms with Crippen molar-refractivity contribution in [3.63, 3.8) is 0 Å². The smallest absolute Gasteiger partial charge is 0.407 e.